The van der Waals surface area contributed by atoms with Gasteiger partial charge in [0.05, 0.1) is 10.0 Å². The molecule has 2 aromatic rings. The van der Waals surface area contributed by atoms with Gasteiger partial charge in [0.2, 0.25) is 0 Å². The van der Waals surface area contributed by atoms with Crippen LogP contribution in [0.15, 0.2) is 59.1 Å². The van der Waals surface area contributed by atoms with E-state index in [4.69, 9.17) is 11.6 Å². The zero-order valence-corrected chi connectivity index (χ0v) is 13.7. The number of aliphatic hydroxyl groups excluding tert-OH is 1. The van der Waals surface area contributed by atoms with E-state index in [0.717, 1.165) is 11.6 Å². The van der Waals surface area contributed by atoms with Gasteiger partial charge in [0.1, 0.15) is 11.5 Å². The second-order valence-electron chi connectivity index (χ2n) is 4.46. The number of aliphatic hydroxyl groups is 1. The Kier molecular flexibility index (Phi) is 5.41. The van der Waals surface area contributed by atoms with Gasteiger partial charge in [-0.3, -0.25) is 4.79 Å². The molecule has 0 fully saturated rings. The Morgan fingerprint density at radius 3 is 2.55 bits per heavy atom. The third-order valence-electron chi connectivity index (χ3n) is 2.82. The average molecular weight is 380 g/mol. The van der Waals surface area contributed by atoms with Crippen molar-refractivity contribution in [3.8, 4) is 5.75 Å². The fourth-order valence-electron chi connectivity index (χ4n) is 1.76. The number of benzene rings is 2. The van der Waals surface area contributed by atoms with Crippen molar-refractivity contribution < 1.29 is 15.0 Å². The minimum Gasteiger partial charge on any atom is -0.507 e. The lowest BCUT2D eigenvalue weighted by Crippen LogP contribution is -1.92. The van der Waals surface area contributed by atoms with Crippen molar-refractivity contribution >= 4 is 45.1 Å². The molecule has 2 aromatic carbocycles. The highest BCUT2D eigenvalue weighted by molar-refractivity contribution is 9.10. The predicted molar refractivity (Wildman–Crippen MR) is 91.9 cm³/mol. The van der Waals surface area contributed by atoms with Crippen LogP contribution in [-0.4, -0.2) is 16.0 Å². The quantitative estimate of drug-likeness (QED) is 0.581. The van der Waals surface area contributed by atoms with Crippen molar-refractivity contribution in [2.75, 3.05) is 0 Å². The Labute approximate surface area is 141 Å². The van der Waals surface area contributed by atoms with Gasteiger partial charge in [-0.25, -0.2) is 0 Å². The Bertz CT molecular complexity index is 752. The van der Waals surface area contributed by atoms with Crippen molar-refractivity contribution in [3.05, 3.63) is 75.2 Å². The number of aromatic hydroxyl groups is 1. The molecule has 2 rings (SSSR count). The molecule has 5 heteroatoms. The number of phenolic OH excluding ortho intramolecular Hbond substituents is 1. The Hall–Kier alpha value is -2.04. The summed E-state index contributed by atoms with van der Waals surface area (Å²) < 4.78 is 0.335. The summed E-state index contributed by atoms with van der Waals surface area (Å²) in [7, 11) is 0. The molecule has 0 aliphatic carbocycles. The first-order valence-electron chi connectivity index (χ1n) is 6.33. The van der Waals surface area contributed by atoms with Crippen LogP contribution in [0.1, 0.15) is 11.1 Å². The van der Waals surface area contributed by atoms with Gasteiger partial charge in [-0.05, 0) is 39.7 Å². The number of rotatable bonds is 4. The number of carbonyl (C=O) groups is 1. The molecular weight excluding hydrogens is 368 g/mol. The summed E-state index contributed by atoms with van der Waals surface area (Å²) in [4.78, 5) is 11.8. The van der Waals surface area contributed by atoms with E-state index in [9.17, 15) is 15.0 Å². The van der Waals surface area contributed by atoms with E-state index in [1.807, 2.05) is 30.3 Å². The van der Waals surface area contributed by atoms with E-state index in [-0.39, 0.29) is 17.1 Å². The predicted octanol–water partition coefficient (Wildman–Crippen LogP) is 4.99. The van der Waals surface area contributed by atoms with Gasteiger partial charge in [0.25, 0.3) is 0 Å². The number of ketones is 1. The van der Waals surface area contributed by atoms with Crippen molar-refractivity contribution in [1.29, 1.82) is 0 Å². The molecule has 0 aromatic heterocycles. The van der Waals surface area contributed by atoms with Crippen LogP contribution in [0.5, 0.6) is 5.75 Å². The highest BCUT2D eigenvalue weighted by atomic mass is 79.9. The largest absolute Gasteiger partial charge is 0.507 e. The van der Waals surface area contributed by atoms with Crippen LogP contribution in [0, 0.1) is 0 Å². The molecule has 0 unspecified atom stereocenters. The molecule has 0 amide bonds. The fourth-order valence-corrected chi connectivity index (χ4v) is 2.57. The van der Waals surface area contributed by atoms with E-state index in [1.54, 1.807) is 6.08 Å². The Balaban J connectivity index is 2.22. The summed E-state index contributed by atoms with van der Waals surface area (Å²) in [6.07, 6.45) is 4.00. The zero-order valence-electron chi connectivity index (χ0n) is 11.3. The number of phenols is 1. The summed E-state index contributed by atoms with van der Waals surface area (Å²) in [5, 5.41) is 20.2. The molecule has 0 saturated heterocycles. The monoisotopic (exact) mass is 378 g/mol. The number of hydrogen-bond acceptors (Lipinski definition) is 3. The van der Waals surface area contributed by atoms with Crippen LogP contribution < -0.4 is 0 Å². The smallest absolute Gasteiger partial charge is 0.182 e. The molecule has 22 heavy (non-hydrogen) atoms. The van der Waals surface area contributed by atoms with Crippen molar-refractivity contribution in [3.63, 3.8) is 0 Å². The lowest BCUT2D eigenvalue weighted by atomic mass is 10.1. The number of carbonyl (C=O) groups excluding carboxylic acids is 1. The summed E-state index contributed by atoms with van der Waals surface area (Å²) in [5.41, 5.74) is 0.956. The van der Waals surface area contributed by atoms with Gasteiger partial charge >= 0.3 is 0 Å². The van der Waals surface area contributed by atoms with Crippen LogP contribution in [0.3, 0.4) is 0 Å². The molecule has 0 atom stereocenters. The topological polar surface area (TPSA) is 57.5 Å². The average Bonchev–Trinajstić information content (AvgIpc) is 2.49. The lowest BCUT2D eigenvalue weighted by molar-refractivity contribution is -0.110. The maximum atomic E-state index is 11.8. The summed E-state index contributed by atoms with van der Waals surface area (Å²) >= 11 is 8.99. The molecule has 0 spiro atoms. The first-order valence-corrected chi connectivity index (χ1v) is 7.50. The van der Waals surface area contributed by atoms with Crippen LogP contribution in [0.2, 0.25) is 5.02 Å². The molecule has 112 valence electrons. The molecule has 2 N–H and O–H groups in total. The SMILES string of the molecule is O=C(/C=C(\O)c1cc(Cl)cc(Br)c1O)/C=C/c1ccccc1. The molecule has 0 aliphatic rings. The summed E-state index contributed by atoms with van der Waals surface area (Å²) in [5.74, 6) is -0.946. The Morgan fingerprint density at radius 2 is 1.86 bits per heavy atom. The molecule has 0 bridgehead atoms. The van der Waals surface area contributed by atoms with Gasteiger partial charge in [0, 0.05) is 11.1 Å². The van der Waals surface area contributed by atoms with Gasteiger partial charge < -0.3 is 10.2 Å². The second kappa shape index (κ2) is 7.29. The van der Waals surface area contributed by atoms with E-state index in [0.29, 0.717) is 9.50 Å². The molecule has 0 heterocycles. The molecule has 0 radical (unpaired) electrons. The summed E-state index contributed by atoms with van der Waals surface area (Å²) in [6, 6.07) is 12.2. The number of halogens is 2. The minimum atomic E-state index is -0.406. The number of allylic oxidation sites excluding steroid dienone is 2. The highest BCUT2D eigenvalue weighted by Gasteiger charge is 2.12. The fraction of sp³-hybridized carbons (Fsp3) is 0. The van der Waals surface area contributed by atoms with E-state index >= 15 is 0 Å². The van der Waals surface area contributed by atoms with Gasteiger partial charge in [-0.1, -0.05) is 48.0 Å². The van der Waals surface area contributed by atoms with E-state index < -0.39 is 5.78 Å². The maximum absolute atomic E-state index is 11.8. The standard InChI is InChI=1S/C17H12BrClO3/c18-15-9-12(19)8-14(17(15)22)16(21)10-13(20)7-6-11-4-2-1-3-5-11/h1-10,21-22H/b7-6+,16-10-. The Morgan fingerprint density at radius 1 is 1.18 bits per heavy atom. The van der Waals surface area contributed by atoms with Crippen molar-refractivity contribution in [2.45, 2.75) is 0 Å². The van der Waals surface area contributed by atoms with E-state index in [1.165, 1.54) is 18.2 Å². The third-order valence-corrected chi connectivity index (χ3v) is 3.65. The molecule has 0 aliphatic heterocycles. The van der Waals surface area contributed by atoms with Crippen molar-refractivity contribution in [1.82, 2.24) is 0 Å². The first kappa shape index (κ1) is 16.3. The number of hydrogen-bond donors (Lipinski definition) is 2. The van der Waals surface area contributed by atoms with Crippen LogP contribution in [-0.2, 0) is 4.79 Å². The van der Waals surface area contributed by atoms with E-state index in [2.05, 4.69) is 15.9 Å². The minimum absolute atomic E-state index is 0.0841. The zero-order chi connectivity index (χ0) is 16.1. The van der Waals surface area contributed by atoms with Crippen LogP contribution in [0.25, 0.3) is 11.8 Å². The third kappa shape index (κ3) is 4.23. The van der Waals surface area contributed by atoms with Crippen LogP contribution >= 0.6 is 27.5 Å². The maximum Gasteiger partial charge on any atom is 0.182 e. The molecule has 3 nitrogen and oxygen atoms in total. The second-order valence-corrected chi connectivity index (χ2v) is 5.75. The first-order chi connectivity index (χ1) is 10.5. The highest BCUT2D eigenvalue weighted by Crippen LogP contribution is 2.34. The molecular formula is C17H12BrClO3. The van der Waals surface area contributed by atoms with Gasteiger partial charge in [-0.15, -0.1) is 0 Å². The lowest BCUT2D eigenvalue weighted by Gasteiger charge is -2.06. The van der Waals surface area contributed by atoms with Gasteiger partial charge in [-0.2, -0.15) is 0 Å². The van der Waals surface area contributed by atoms with Gasteiger partial charge in [0.15, 0.2) is 5.78 Å². The summed E-state index contributed by atoms with van der Waals surface area (Å²) in [6.45, 7) is 0. The normalized spacial score (nSPS) is 11.8. The molecule has 0 saturated carbocycles. The van der Waals surface area contributed by atoms with Crippen molar-refractivity contribution in [2.24, 2.45) is 0 Å². The van der Waals surface area contributed by atoms with Crippen LogP contribution in [0.4, 0.5) is 0 Å².